The highest BCUT2D eigenvalue weighted by Crippen LogP contribution is 2.40. The number of aromatic nitrogens is 4. The molecule has 1 fully saturated rings. The highest BCUT2D eigenvalue weighted by molar-refractivity contribution is 7.17. The summed E-state index contributed by atoms with van der Waals surface area (Å²) in [6.07, 6.45) is 9.17. The van der Waals surface area contributed by atoms with Crippen LogP contribution in [0.1, 0.15) is 49.8 Å². The highest BCUT2D eigenvalue weighted by atomic mass is 32.1. The van der Waals surface area contributed by atoms with Crippen LogP contribution in [0.2, 0.25) is 0 Å². The fraction of sp³-hybridized carbons (Fsp3) is 0.500. The summed E-state index contributed by atoms with van der Waals surface area (Å²) in [6, 6.07) is 4.62. The molecule has 0 radical (unpaired) electrons. The van der Waals surface area contributed by atoms with Gasteiger partial charge in [-0.1, -0.05) is 6.42 Å². The zero-order valence-corrected chi connectivity index (χ0v) is 14.5. The molecule has 5 rings (SSSR count). The minimum atomic E-state index is 0.344. The van der Waals surface area contributed by atoms with Crippen LogP contribution in [0.25, 0.3) is 10.2 Å². The standard InChI is InChI=1S/C18H21N5S/c1-2-6-16-20-21-18(23(16)10-3-1)15-5-4-11-22(15)14-7-9-19-13-8-12-24-17(13)14/h7-9,12,15H,1-6,10-11H2/t15-/m1/s1. The molecule has 124 valence electrons. The lowest BCUT2D eigenvalue weighted by Crippen LogP contribution is -2.25. The molecular weight excluding hydrogens is 318 g/mol. The third kappa shape index (κ3) is 2.24. The van der Waals surface area contributed by atoms with Crippen molar-refractivity contribution in [1.82, 2.24) is 19.7 Å². The fourth-order valence-corrected chi connectivity index (χ4v) is 5.04. The van der Waals surface area contributed by atoms with Crippen molar-refractivity contribution < 1.29 is 0 Å². The largest absolute Gasteiger partial charge is 0.360 e. The van der Waals surface area contributed by atoms with Gasteiger partial charge in [-0.05, 0) is 43.2 Å². The van der Waals surface area contributed by atoms with Gasteiger partial charge in [-0.2, -0.15) is 0 Å². The zero-order valence-electron chi connectivity index (χ0n) is 13.7. The van der Waals surface area contributed by atoms with Gasteiger partial charge in [0.15, 0.2) is 5.82 Å². The van der Waals surface area contributed by atoms with Crippen molar-refractivity contribution in [3.05, 3.63) is 35.4 Å². The van der Waals surface area contributed by atoms with E-state index in [1.54, 1.807) is 11.3 Å². The molecule has 0 aliphatic carbocycles. The summed E-state index contributed by atoms with van der Waals surface area (Å²) in [4.78, 5) is 7.02. The molecule has 24 heavy (non-hydrogen) atoms. The third-order valence-electron chi connectivity index (χ3n) is 5.32. The molecule has 0 bridgehead atoms. The monoisotopic (exact) mass is 339 g/mol. The van der Waals surface area contributed by atoms with Crippen molar-refractivity contribution in [3.8, 4) is 0 Å². The van der Waals surface area contributed by atoms with Crippen LogP contribution in [0.5, 0.6) is 0 Å². The Morgan fingerprint density at radius 2 is 2.04 bits per heavy atom. The van der Waals surface area contributed by atoms with Gasteiger partial charge >= 0.3 is 0 Å². The minimum Gasteiger partial charge on any atom is -0.360 e. The van der Waals surface area contributed by atoms with Gasteiger partial charge in [0.1, 0.15) is 5.82 Å². The van der Waals surface area contributed by atoms with E-state index in [0.29, 0.717) is 6.04 Å². The smallest absolute Gasteiger partial charge is 0.155 e. The third-order valence-corrected chi connectivity index (χ3v) is 6.25. The summed E-state index contributed by atoms with van der Waals surface area (Å²) >= 11 is 1.79. The van der Waals surface area contributed by atoms with Crippen LogP contribution in [0.4, 0.5) is 5.69 Å². The van der Waals surface area contributed by atoms with Crippen LogP contribution >= 0.6 is 11.3 Å². The lowest BCUT2D eigenvalue weighted by molar-refractivity contribution is 0.560. The van der Waals surface area contributed by atoms with Gasteiger partial charge < -0.3 is 9.47 Å². The van der Waals surface area contributed by atoms with Gasteiger partial charge in [-0.15, -0.1) is 21.5 Å². The van der Waals surface area contributed by atoms with Crippen molar-refractivity contribution >= 4 is 27.2 Å². The van der Waals surface area contributed by atoms with Crippen LogP contribution in [-0.4, -0.2) is 26.3 Å². The lowest BCUT2D eigenvalue weighted by atomic mass is 10.2. The maximum absolute atomic E-state index is 4.62. The second-order valence-corrected chi connectivity index (χ2v) is 7.67. The molecule has 0 spiro atoms. The minimum absolute atomic E-state index is 0.344. The molecule has 1 atom stereocenters. The molecular formula is C18H21N5S. The second kappa shape index (κ2) is 5.84. The Kier molecular flexibility index (Phi) is 3.51. The Morgan fingerprint density at radius 3 is 3.04 bits per heavy atom. The van der Waals surface area contributed by atoms with E-state index >= 15 is 0 Å². The van der Waals surface area contributed by atoms with E-state index in [1.807, 2.05) is 6.20 Å². The Morgan fingerprint density at radius 1 is 1.04 bits per heavy atom. The van der Waals surface area contributed by atoms with Crippen LogP contribution in [0.3, 0.4) is 0 Å². The normalized spacial score (nSPS) is 21.2. The second-order valence-electron chi connectivity index (χ2n) is 6.75. The first-order valence-electron chi connectivity index (χ1n) is 8.92. The summed E-state index contributed by atoms with van der Waals surface area (Å²) in [5, 5.41) is 11.3. The van der Waals surface area contributed by atoms with E-state index < -0.39 is 0 Å². The summed E-state index contributed by atoms with van der Waals surface area (Å²) < 4.78 is 3.70. The van der Waals surface area contributed by atoms with E-state index in [1.165, 1.54) is 47.7 Å². The lowest BCUT2D eigenvalue weighted by Gasteiger charge is -2.27. The van der Waals surface area contributed by atoms with Gasteiger partial charge in [0.2, 0.25) is 0 Å². The van der Waals surface area contributed by atoms with Gasteiger partial charge in [-0.3, -0.25) is 4.98 Å². The number of anilines is 1. The van der Waals surface area contributed by atoms with Crippen molar-refractivity contribution in [1.29, 1.82) is 0 Å². The summed E-state index contributed by atoms with van der Waals surface area (Å²) in [7, 11) is 0. The quantitative estimate of drug-likeness (QED) is 0.709. The Balaban J connectivity index is 1.57. The number of aryl methyl sites for hydroxylation is 1. The van der Waals surface area contributed by atoms with E-state index in [2.05, 4.69) is 42.2 Å². The average Bonchev–Trinajstić information content (AvgIpc) is 3.31. The molecule has 1 saturated heterocycles. The molecule has 0 unspecified atom stereocenters. The first-order chi connectivity index (χ1) is 11.9. The van der Waals surface area contributed by atoms with E-state index in [0.717, 1.165) is 31.4 Å². The van der Waals surface area contributed by atoms with E-state index in [4.69, 9.17) is 0 Å². The van der Waals surface area contributed by atoms with Crippen LogP contribution < -0.4 is 4.90 Å². The van der Waals surface area contributed by atoms with E-state index in [-0.39, 0.29) is 0 Å². The number of fused-ring (bicyclic) bond motifs is 2. The topological polar surface area (TPSA) is 46.8 Å². The number of thiophene rings is 1. The molecule has 3 aromatic heterocycles. The molecule has 2 aliphatic heterocycles. The van der Waals surface area contributed by atoms with Crippen molar-refractivity contribution in [2.45, 2.75) is 51.1 Å². The Hall–Kier alpha value is -1.95. The maximum Gasteiger partial charge on any atom is 0.155 e. The number of rotatable bonds is 2. The fourth-order valence-electron chi connectivity index (χ4n) is 4.16. The number of hydrogen-bond donors (Lipinski definition) is 0. The molecule has 0 aromatic carbocycles. The first-order valence-corrected chi connectivity index (χ1v) is 9.80. The first kappa shape index (κ1) is 14.4. The van der Waals surface area contributed by atoms with Gasteiger partial charge in [0, 0.05) is 25.7 Å². The van der Waals surface area contributed by atoms with Gasteiger partial charge in [-0.25, -0.2) is 0 Å². The van der Waals surface area contributed by atoms with Crippen molar-refractivity contribution in [3.63, 3.8) is 0 Å². The summed E-state index contributed by atoms with van der Waals surface area (Å²) in [5.41, 5.74) is 2.41. The number of nitrogens with zero attached hydrogens (tertiary/aromatic N) is 5. The molecule has 0 amide bonds. The number of hydrogen-bond acceptors (Lipinski definition) is 5. The zero-order chi connectivity index (χ0) is 15.9. The van der Waals surface area contributed by atoms with Crippen LogP contribution in [0.15, 0.2) is 23.7 Å². The van der Waals surface area contributed by atoms with E-state index in [9.17, 15) is 0 Å². The van der Waals surface area contributed by atoms with Crippen LogP contribution in [0, 0.1) is 0 Å². The molecule has 5 nitrogen and oxygen atoms in total. The van der Waals surface area contributed by atoms with Gasteiger partial charge in [0.05, 0.1) is 21.9 Å². The summed E-state index contributed by atoms with van der Waals surface area (Å²) in [5.74, 6) is 2.36. The predicted molar refractivity (Wildman–Crippen MR) is 96.5 cm³/mol. The molecule has 6 heteroatoms. The van der Waals surface area contributed by atoms with Gasteiger partial charge in [0.25, 0.3) is 0 Å². The molecule has 3 aromatic rings. The van der Waals surface area contributed by atoms with Crippen LogP contribution in [-0.2, 0) is 13.0 Å². The maximum atomic E-state index is 4.62. The molecule has 0 N–H and O–H groups in total. The SMILES string of the molecule is c1cc(N2CCC[C@@H]2c2nnc3n2CCCCC3)c2sccc2n1. The van der Waals surface area contributed by atoms with Crippen molar-refractivity contribution in [2.75, 3.05) is 11.4 Å². The predicted octanol–water partition coefficient (Wildman–Crippen LogP) is 3.96. The highest BCUT2D eigenvalue weighted by Gasteiger charge is 2.32. The molecule has 2 aliphatic rings. The average molecular weight is 339 g/mol. The Bertz CT molecular complexity index is 867. The Labute approximate surface area is 145 Å². The molecule has 5 heterocycles. The number of pyridine rings is 1. The molecule has 0 saturated carbocycles. The van der Waals surface area contributed by atoms with Crippen molar-refractivity contribution in [2.24, 2.45) is 0 Å². The summed E-state index contributed by atoms with van der Waals surface area (Å²) in [6.45, 7) is 2.16.